The van der Waals surface area contributed by atoms with Crippen LogP contribution >= 0.6 is 0 Å². The molecule has 1 aromatic carbocycles. The van der Waals surface area contributed by atoms with Crippen LogP contribution in [0, 0.1) is 0 Å². The van der Waals surface area contributed by atoms with E-state index in [1.54, 1.807) is 12.1 Å². The van der Waals surface area contributed by atoms with Crippen molar-refractivity contribution in [1.82, 2.24) is 10.1 Å². The highest BCUT2D eigenvalue weighted by atomic mass is 16.5. The minimum atomic E-state index is 0.0500. The molecule has 0 unspecified atom stereocenters. The van der Waals surface area contributed by atoms with Gasteiger partial charge in [-0.25, -0.2) is 0 Å². The Labute approximate surface area is 86.5 Å². The Hall–Kier alpha value is -2.04. The Bertz CT molecular complexity index is 479. The van der Waals surface area contributed by atoms with Crippen LogP contribution in [0.5, 0.6) is 5.75 Å². The fraction of sp³-hybridized carbons (Fsp3) is 0.200. The fourth-order valence-corrected chi connectivity index (χ4v) is 1.20. The van der Waals surface area contributed by atoms with Crippen molar-refractivity contribution in [1.29, 1.82) is 0 Å². The van der Waals surface area contributed by atoms with Crippen LogP contribution in [0.25, 0.3) is 11.5 Å². The van der Waals surface area contributed by atoms with Gasteiger partial charge in [0.1, 0.15) is 5.75 Å². The predicted octanol–water partition coefficient (Wildman–Crippen LogP) is 1.59. The summed E-state index contributed by atoms with van der Waals surface area (Å²) in [5.74, 6) is 1.11. The average Bonchev–Trinajstić information content (AvgIpc) is 2.70. The van der Waals surface area contributed by atoms with Crippen LogP contribution in [0.2, 0.25) is 0 Å². The standard InChI is InChI=1S/C10H11N3O2/c1-2-9-12-10(15-13-9)6-3-4-8(14)7(11)5-6/h3-5,14H,2,11H2,1H3. The van der Waals surface area contributed by atoms with Crippen molar-refractivity contribution in [2.75, 3.05) is 5.73 Å². The van der Waals surface area contributed by atoms with Crippen LogP contribution in [0.1, 0.15) is 12.7 Å². The third-order valence-electron chi connectivity index (χ3n) is 2.06. The van der Waals surface area contributed by atoms with Gasteiger partial charge < -0.3 is 15.4 Å². The smallest absolute Gasteiger partial charge is 0.257 e. The molecule has 3 N–H and O–H groups in total. The topological polar surface area (TPSA) is 85.2 Å². The molecule has 0 saturated carbocycles. The second-order valence-corrected chi connectivity index (χ2v) is 3.14. The molecular formula is C10H11N3O2. The predicted molar refractivity (Wildman–Crippen MR) is 55.2 cm³/mol. The highest BCUT2D eigenvalue weighted by molar-refractivity contribution is 5.64. The fourth-order valence-electron chi connectivity index (χ4n) is 1.20. The number of anilines is 1. The lowest BCUT2D eigenvalue weighted by Gasteiger charge is -1.99. The molecule has 0 spiro atoms. The second-order valence-electron chi connectivity index (χ2n) is 3.14. The molecule has 5 heteroatoms. The van der Waals surface area contributed by atoms with Gasteiger partial charge in [-0.1, -0.05) is 12.1 Å². The highest BCUT2D eigenvalue weighted by Gasteiger charge is 2.08. The Kier molecular flexibility index (Phi) is 2.29. The number of aromatic hydroxyl groups is 1. The summed E-state index contributed by atoms with van der Waals surface area (Å²) in [6, 6.07) is 4.78. The Morgan fingerprint density at radius 2 is 2.27 bits per heavy atom. The summed E-state index contributed by atoms with van der Waals surface area (Å²) in [6.07, 6.45) is 0.719. The monoisotopic (exact) mass is 205 g/mol. The molecule has 2 rings (SSSR count). The van der Waals surface area contributed by atoms with Crippen LogP contribution in [-0.4, -0.2) is 15.2 Å². The van der Waals surface area contributed by atoms with E-state index in [4.69, 9.17) is 10.3 Å². The van der Waals surface area contributed by atoms with E-state index in [0.29, 0.717) is 23.0 Å². The molecule has 0 aliphatic carbocycles. The van der Waals surface area contributed by atoms with Crippen LogP contribution in [0.4, 0.5) is 5.69 Å². The van der Waals surface area contributed by atoms with Gasteiger partial charge >= 0.3 is 0 Å². The van der Waals surface area contributed by atoms with Crippen molar-refractivity contribution < 1.29 is 9.63 Å². The maximum atomic E-state index is 9.25. The van der Waals surface area contributed by atoms with Crippen molar-refractivity contribution in [3.8, 4) is 17.2 Å². The summed E-state index contributed by atoms with van der Waals surface area (Å²) in [5.41, 5.74) is 6.56. The first-order valence-corrected chi connectivity index (χ1v) is 4.62. The number of aromatic nitrogens is 2. The number of phenols is 1. The highest BCUT2D eigenvalue weighted by Crippen LogP contribution is 2.26. The number of aryl methyl sites for hydroxylation is 1. The molecule has 1 heterocycles. The lowest BCUT2D eigenvalue weighted by Crippen LogP contribution is -1.87. The van der Waals surface area contributed by atoms with E-state index in [1.165, 1.54) is 6.07 Å². The van der Waals surface area contributed by atoms with Gasteiger partial charge in [-0.05, 0) is 18.2 Å². The average molecular weight is 205 g/mol. The Morgan fingerprint density at radius 3 is 2.87 bits per heavy atom. The quantitative estimate of drug-likeness (QED) is 0.574. The summed E-state index contributed by atoms with van der Waals surface area (Å²) >= 11 is 0. The SMILES string of the molecule is CCc1noc(-c2ccc(O)c(N)c2)n1. The van der Waals surface area contributed by atoms with Gasteiger partial charge in [-0.3, -0.25) is 0 Å². The van der Waals surface area contributed by atoms with Crippen molar-refractivity contribution in [2.24, 2.45) is 0 Å². The van der Waals surface area contributed by atoms with Gasteiger partial charge in [0.15, 0.2) is 5.82 Å². The number of nitrogens with two attached hydrogens (primary N) is 1. The zero-order chi connectivity index (χ0) is 10.8. The molecule has 0 fully saturated rings. The number of rotatable bonds is 2. The van der Waals surface area contributed by atoms with Gasteiger partial charge in [0.2, 0.25) is 0 Å². The first-order chi connectivity index (χ1) is 7.20. The van der Waals surface area contributed by atoms with Gasteiger partial charge in [0, 0.05) is 12.0 Å². The van der Waals surface area contributed by atoms with E-state index in [2.05, 4.69) is 10.1 Å². The summed E-state index contributed by atoms with van der Waals surface area (Å²) in [4.78, 5) is 4.15. The summed E-state index contributed by atoms with van der Waals surface area (Å²) in [6.45, 7) is 1.94. The molecule has 0 aliphatic heterocycles. The van der Waals surface area contributed by atoms with E-state index < -0.39 is 0 Å². The number of hydrogen-bond acceptors (Lipinski definition) is 5. The largest absolute Gasteiger partial charge is 0.506 e. The van der Waals surface area contributed by atoms with Crippen molar-refractivity contribution in [2.45, 2.75) is 13.3 Å². The van der Waals surface area contributed by atoms with Gasteiger partial charge in [-0.15, -0.1) is 0 Å². The maximum absolute atomic E-state index is 9.25. The number of hydrogen-bond donors (Lipinski definition) is 2. The van der Waals surface area contributed by atoms with Crippen molar-refractivity contribution >= 4 is 5.69 Å². The Balaban J connectivity index is 2.40. The van der Waals surface area contributed by atoms with E-state index in [-0.39, 0.29) is 5.75 Å². The van der Waals surface area contributed by atoms with Crippen molar-refractivity contribution in [3.05, 3.63) is 24.0 Å². The normalized spacial score (nSPS) is 10.5. The molecule has 2 aromatic rings. The molecule has 15 heavy (non-hydrogen) atoms. The van der Waals surface area contributed by atoms with E-state index in [1.807, 2.05) is 6.92 Å². The number of nitrogen functional groups attached to an aromatic ring is 1. The number of phenolic OH excluding ortho intramolecular Hbond substituents is 1. The van der Waals surface area contributed by atoms with E-state index in [0.717, 1.165) is 6.42 Å². The zero-order valence-corrected chi connectivity index (χ0v) is 8.27. The van der Waals surface area contributed by atoms with Crippen LogP contribution < -0.4 is 5.73 Å². The molecule has 0 radical (unpaired) electrons. The molecule has 0 saturated heterocycles. The lowest BCUT2D eigenvalue weighted by molar-refractivity contribution is 0.423. The van der Waals surface area contributed by atoms with E-state index in [9.17, 15) is 5.11 Å². The molecule has 0 amide bonds. The Morgan fingerprint density at radius 1 is 1.47 bits per heavy atom. The molecule has 0 aliphatic rings. The third kappa shape index (κ3) is 1.76. The van der Waals surface area contributed by atoms with Gasteiger partial charge in [-0.2, -0.15) is 4.98 Å². The number of nitrogens with zero attached hydrogens (tertiary/aromatic N) is 2. The number of benzene rings is 1. The summed E-state index contributed by atoms with van der Waals surface area (Å²) in [5, 5.41) is 13.0. The molecule has 78 valence electrons. The third-order valence-corrected chi connectivity index (χ3v) is 2.06. The summed E-state index contributed by atoms with van der Waals surface area (Å²) < 4.78 is 5.04. The maximum Gasteiger partial charge on any atom is 0.257 e. The minimum absolute atomic E-state index is 0.0500. The van der Waals surface area contributed by atoms with Crippen LogP contribution in [0.3, 0.4) is 0 Å². The van der Waals surface area contributed by atoms with Gasteiger partial charge in [0.25, 0.3) is 5.89 Å². The molecular weight excluding hydrogens is 194 g/mol. The van der Waals surface area contributed by atoms with E-state index >= 15 is 0 Å². The summed E-state index contributed by atoms with van der Waals surface area (Å²) in [7, 11) is 0. The van der Waals surface area contributed by atoms with Crippen LogP contribution in [-0.2, 0) is 6.42 Å². The molecule has 0 atom stereocenters. The zero-order valence-electron chi connectivity index (χ0n) is 8.27. The first kappa shape index (κ1) is 9.51. The van der Waals surface area contributed by atoms with Crippen LogP contribution in [0.15, 0.2) is 22.7 Å². The minimum Gasteiger partial charge on any atom is -0.506 e. The second kappa shape index (κ2) is 3.61. The first-order valence-electron chi connectivity index (χ1n) is 4.62. The molecule has 1 aromatic heterocycles. The lowest BCUT2D eigenvalue weighted by atomic mass is 10.2. The van der Waals surface area contributed by atoms with Gasteiger partial charge in [0.05, 0.1) is 5.69 Å². The molecule has 5 nitrogen and oxygen atoms in total. The van der Waals surface area contributed by atoms with Crippen molar-refractivity contribution in [3.63, 3.8) is 0 Å². The molecule has 0 bridgehead atoms.